The molecule has 0 aliphatic heterocycles. The first kappa shape index (κ1) is 13.3. The summed E-state index contributed by atoms with van der Waals surface area (Å²) in [6.45, 7) is 0.371. The number of rotatable bonds is 4. The molecule has 2 N–H and O–H groups in total. The van der Waals surface area contributed by atoms with Crippen molar-refractivity contribution in [1.82, 2.24) is 0 Å². The number of allylic oxidation sites excluding steroid dienone is 2. The molecule has 2 aliphatic rings. The Hall–Kier alpha value is -1.09. The summed E-state index contributed by atoms with van der Waals surface area (Å²) in [5.74, 6) is 0.0869. The van der Waals surface area contributed by atoms with E-state index in [1.165, 1.54) is 19.3 Å². The molecule has 2 aliphatic carbocycles. The van der Waals surface area contributed by atoms with Gasteiger partial charge < -0.3 is 10.5 Å². The van der Waals surface area contributed by atoms with Gasteiger partial charge in [0, 0.05) is 0 Å². The summed E-state index contributed by atoms with van der Waals surface area (Å²) in [5, 5.41) is 0. The number of ether oxygens (including phenoxy) is 1. The highest BCUT2D eigenvalue weighted by Crippen LogP contribution is 2.26. The highest BCUT2D eigenvalue weighted by atomic mass is 16.5. The van der Waals surface area contributed by atoms with E-state index in [2.05, 4.69) is 12.2 Å². The molecular formula is C15H23NO2. The summed E-state index contributed by atoms with van der Waals surface area (Å²) in [4.78, 5) is 11.9. The molecule has 0 spiro atoms. The van der Waals surface area contributed by atoms with E-state index < -0.39 is 6.04 Å². The normalized spacial score (nSPS) is 22.4. The SMILES string of the molecule is NC(C(=O)OCC1=CCCC=C1)C1CCCCC1. The zero-order valence-electron chi connectivity index (χ0n) is 10.9. The molecule has 0 amide bonds. The van der Waals surface area contributed by atoms with Crippen LogP contribution in [-0.2, 0) is 9.53 Å². The zero-order valence-corrected chi connectivity index (χ0v) is 10.9. The Labute approximate surface area is 109 Å². The smallest absolute Gasteiger partial charge is 0.323 e. The average molecular weight is 249 g/mol. The minimum absolute atomic E-state index is 0.234. The summed E-state index contributed by atoms with van der Waals surface area (Å²) in [6.07, 6.45) is 14.2. The maximum absolute atomic E-state index is 11.9. The van der Waals surface area contributed by atoms with Gasteiger partial charge in [0.05, 0.1) is 0 Å². The summed E-state index contributed by atoms with van der Waals surface area (Å²) < 4.78 is 5.31. The van der Waals surface area contributed by atoms with Crippen molar-refractivity contribution in [3.05, 3.63) is 23.8 Å². The van der Waals surface area contributed by atoms with E-state index in [-0.39, 0.29) is 5.97 Å². The van der Waals surface area contributed by atoms with Crippen molar-refractivity contribution in [2.45, 2.75) is 51.0 Å². The molecule has 3 heteroatoms. The zero-order chi connectivity index (χ0) is 12.8. The van der Waals surface area contributed by atoms with Gasteiger partial charge in [-0.3, -0.25) is 4.79 Å². The third-order valence-electron chi connectivity index (χ3n) is 3.88. The van der Waals surface area contributed by atoms with Crippen LogP contribution in [0.3, 0.4) is 0 Å². The number of nitrogens with two attached hydrogens (primary N) is 1. The molecule has 0 heterocycles. The fourth-order valence-electron chi connectivity index (χ4n) is 2.71. The van der Waals surface area contributed by atoms with Crippen LogP contribution < -0.4 is 5.73 Å². The minimum atomic E-state index is -0.432. The van der Waals surface area contributed by atoms with Crippen LogP contribution in [0.4, 0.5) is 0 Å². The quantitative estimate of drug-likeness (QED) is 0.779. The second-order valence-corrected chi connectivity index (χ2v) is 5.29. The molecule has 3 nitrogen and oxygen atoms in total. The van der Waals surface area contributed by atoms with Crippen LogP contribution in [0.5, 0.6) is 0 Å². The molecule has 0 aromatic heterocycles. The highest BCUT2D eigenvalue weighted by Gasteiger charge is 2.27. The van der Waals surface area contributed by atoms with Crippen molar-refractivity contribution >= 4 is 5.97 Å². The van der Waals surface area contributed by atoms with Gasteiger partial charge in [-0.15, -0.1) is 0 Å². The number of hydrogen-bond donors (Lipinski definition) is 1. The second kappa shape index (κ2) is 6.74. The van der Waals surface area contributed by atoms with Crippen molar-refractivity contribution in [1.29, 1.82) is 0 Å². The van der Waals surface area contributed by atoms with Crippen molar-refractivity contribution < 1.29 is 9.53 Å². The summed E-state index contributed by atoms with van der Waals surface area (Å²) >= 11 is 0. The Morgan fingerprint density at radius 2 is 2.11 bits per heavy atom. The Balaban J connectivity index is 1.76. The van der Waals surface area contributed by atoms with Crippen LogP contribution in [0.2, 0.25) is 0 Å². The molecule has 0 aromatic rings. The molecule has 0 aromatic carbocycles. The molecule has 2 rings (SSSR count). The maximum Gasteiger partial charge on any atom is 0.323 e. The van der Waals surface area contributed by atoms with Gasteiger partial charge >= 0.3 is 5.97 Å². The average Bonchev–Trinajstić information content (AvgIpc) is 2.46. The van der Waals surface area contributed by atoms with Crippen molar-refractivity contribution in [2.24, 2.45) is 11.7 Å². The van der Waals surface area contributed by atoms with Crippen molar-refractivity contribution in [3.63, 3.8) is 0 Å². The Morgan fingerprint density at radius 1 is 1.33 bits per heavy atom. The van der Waals surface area contributed by atoms with Crippen LogP contribution in [0.25, 0.3) is 0 Å². The first-order valence-electron chi connectivity index (χ1n) is 7.05. The lowest BCUT2D eigenvalue weighted by molar-refractivity contribution is -0.145. The van der Waals surface area contributed by atoms with E-state index >= 15 is 0 Å². The summed E-state index contributed by atoms with van der Waals surface area (Å²) in [5.41, 5.74) is 7.08. The maximum atomic E-state index is 11.9. The molecule has 1 unspecified atom stereocenters. The first-order chi connectivity index (χ1) is 8.77. The van der Waals surface area contributed by atoms with Gasteiger partial charge in [0.25, 0.3) is 0 Å². The lowest BCUT2D eigenvalue weighted by Crippen LogP contribution is -2.40. The number of esters is 1. The molecule has 100 valence electrons. The third-order valence-corrected chi connectivity index (χ3v) is 3.88. The van der Waals surface area contributed by atoms with Gasteiger partial charge in [-0.1, -0.05) is 37.5 Å². The molecule has 18 heavy (non-hydrogen) atoms. The van der Waals surface area contributed by atoms with E-state index in [9.17, 15) is 4.79 Å². The van der Waals surface area contributed by atoms with E-state index in [4.69, 9.17) is 10.5 Å². The van der Waals surface area contributed by atoms with E-state index in [0.29, 0.717) is 12.5 Å². The highest BCUT2D eigenvalue weighted by molar-refractivity contribution is 5.76. The fourth-order valence-corrected chi connectivity index (χ4v) is 2.71. The van der Waals surface area contributed by atoms with Gasteiger partial charge in [0.1, 0.15) is 12.6 Å². The standard InChI is InChI=1S/C15H23NO2/c16-14(13-9-5-2-6-10-13)15(17)18-11-12-7-3-1-4-8-12/h3,7-8,13-14H,1-2,4-6,9-11,16H2. The molecule has 1 atom stereocenters. The summed E-state index contributed by atoms with van der Waals surface area (Å²) in [6, 6.07) is -0.432. The molecule has 0 bridgehead atoms. The molecule has 1 saturated carbocycles. The molecule has 0 saturated heterocycles. The number of carbonyl (C=O) groups is 1. The lowest BCUT2D eigenvalue weighted by Gasteiger charge is -2.26. The van der Waals surface area contributed by atoms with Crippen molar-refractivity contribution in [3.8, 4) is 0 Å². The minimum Gasteiger partial charge on any atom is -0.460 e. The monoisotopic (exact) mass is 249 g/mol. The number of carbonyl (C=O) groups excluding carboxylic acids is 1. The Morgan fingerprint density at radius 3 is 2.78 bits per heavy atom. The second-order valence-electron chi connectivity index (χ2n) is 5.29. The van der Waals surface area contributed by atoms with Crippen LogP contribution >= 0.6 is 0 Å². The van der Waals surface area contributed by atoms with Gasteiger partial charge in [-0.25, -0.2) is 0 Å². The first-order valence-corrected chi connectivity index (χ1v) is 7.05. The van der Waals surface area contributed by atoms with Crippen molar-refractivity contribution in [2.75, 3.05) is 6.61 Å². The Bertz CT molecular complexity index is 340. The lowest BCUT2D eigenvalue weighted by atomic mass is 9.84. The van der Waals surface area contributed by atoms with Gasteiger partial charge in [0.2, 0.25) is 0 Å². The summed E-state index contributed by atoms with van der Waals surface area (Å²) in [7, 11) is 0. The van der Waals surface area contributed by atoms with Crippen LogP contribution in [0, 0.1) is 5.92 Å². The fraction of sp³-hybridized carbons (Fsp3) is 0.667. The van der Waals surface area contributed by atoms with Crippen LogP contribution in [0.1, 0.15) is 44.9 Å². The molecular weight excluding hydrogens is 226 g/mol. The predicted octanol–water partition coefficient (Wildman–Crippen LogP) is 2.71. The molecule has 0 radical (unpaired) electrons. The van der Waals surface area contributed by atoms with E-state index in [0.717, 1.165) is 31.3 Å². The van der Waals surface area contributed by atoms with Crippen LogP contribution in [0.15, 0.2) is 23.8 Å². The topological polar surface area (TPSA) is 52.3 Å². The van der Waals surface area contributed by atoms with Gasteiger partial charge in [-0.05, 0) is 37.2 Å². The third kappa shape index (κ3) is 3.70. The van der Waals surface area contributed by atoms with Gasteiger partial charge in [0.15, 0.2) is 0 Å². The van der Waals surface area contributed by atoms with Gasteiger partial charge in [-0.2, -0.15) is 0 Å². The molecule has 1 fully saturated rings. The van der Waals surface area contributed by atoms with E-state index in [1.807, 2.05) is 6.08 Å². The van der Waals surface area contributed by atoms with Crippen LogP contribution in [-0.4, -0.2) is 18.6 Å². The number of hydrogen-bond acceptors (Lipinski definition) is 3. The van der Waals surface area contributed by atoms with E-state index in [1.54, 1.807) is 0 Å². The Kier molecular flexibility index (Phi) is 5.00. The largest absolute Gasteiger partial charge is 0.460 e. The predicted molar refractivity (Wildman–Crippen MR) is 72.0 cm³/mol.